The van der Waals surface area contributed by atoms with Crippen molar-refractivity contribution in [2.24, 2.45) is 5.10 Å². The van der Waals surface area contributed by atoms with Crippen LogP contribution in [0.4, 0.5) is 13.2 Å². The number of carbonyl (C=O) groups is 1. The minimum Gasteiger partial charge on any atom is -0.494 e. The zero-order chi connectivity index (χ0) is 17.3. The molecule has 0 saturated heterocycles. The lowest BCUT2D eigenvalue weighted by molar-refractivity contribution is -0.297. The lowest BCUT2D eigenvalue weighted by Crippen LogP contribution is -2.56. The van der Waals surface area contributed by atoms with Crippen molar-refractivity contribution in [3.8, 4) is 5.75 Å². The Balaban J connectivity index is 2.32. The van der Waals surface area contributed by atoms with Gasteiger partial charge in [0.2, 0.25) is 0 Å². The summed E-state index contributed by atoms with van der Waals surface area (Å²) in [6.45, 7) is 3.65. The van der Waals surface area contributed by atoms with Gasteiger partial charge < -0.3 is 9.84 Å². The standard InChI is InChI=1S/C15H17F3N2O3/c1-3-7-23-12-6-4-5-11(8-12)13(21)20-14(22,15(16,17)18)9-10(2)19-20/h4-6,8,22H,3,7,9H2,1-2H3/t14-/m0/s1. The van der Waals surface area contributed by atoms with E-state index in [0.29, 0.717) is 12.4 Å². The summed E-state index contributed by atoms with van der Waals surface area (Å²) in [5.74, 6) is -0.670. The second-order valence-corrected chi connectivity index (χ2v) is 5.32. The molecule has 1 atom stereocenters. The predicted molar refractivity (Wildman–Crippen MR) is 77.1 cm³/mol. The van der Waals surface area contributed by atoms with Crippen molar-refractivity contribution in [2.75, 3.05) is 6.61 Å². The molecule has 8 heteroatoms. The van der Waals surface area contributed by atoms with E-state index in [4.69, 9.17) is 4.74 Å². The maximum Gasteiger partial charge on any atom is 0.438 e. The number of ether oxygens (including phenoxy) is 1. The molecule has 0 unspecified atom stereocenters. The molecule has 0 bridgehead atoms. The third-order valence-electron chi connectivity index (χ3n) is 3.32. The molecule has 0 aromatic heterocycles. The van der Waals surface area contributed by atoms with Crippen LogP contribution >= 0.6 is 0 Å². The first kappa shape index (κ1) is 17.3. The topological polar surface area (TPSA) is 62.1 Å². The van der Waals surface area contributed by atoms with Crippen LogP contribution in [0.25, 0.3) is 0 Å². The smallest absolute Gasteiger partial charge is 0.438 e. The van der Waals surface area contributed by atoms with Gasteiger partial charge in [-0.3, -0.25) is 4.79 Å². The Bertz CT molecular complexity index is 631. The van der Waals surface area contributed by atoms with E-state index in [-0.39, 0.29) is 16.3 Å². The Labute approximate surface area is 131 Å². The highest BCUT2D eigenvalue weighted by Crippen LogP contribution is 2.40. The Morgan fingerprint density at radius 1 is 1.48 bits per heavy atom. The molecular weight excluding hydrogens is 313 g/mol. The first-order chi connectivity index (χ1) is 10.7. The van der Waals surface area contributed by atoms with Gasteiger partial charge in [0.15, 0.2) is 0 Å². The van der Waals surface area contributed by atoms with E-state index in [1.165, 1.54) is 25.1 Å². The first-order valence-electron chi connectivity index (χ1n) is 7.09. The first-order valence-corrected chi connectivity index (χ1v) is 7.09. The molecule has 1 aliphatic heterocycles. The molecule has 2 rings (SSSR count). The summed E-state index contributed by atoms with van der Waals surface area (Å²) in [6.07, 6.45) is -5.03. The van der Waals surface area contributed by atoms with Gasteiger partial charge in [-0.2, -0.15) is 23.3 Å². The van der Waals surface area contributed by atoms with Gasteiger partial charge in [-0.25, -0.2) is 0 Å². The van der Waals surface area contributed by atoms with Crippen LogP contribution in [0.1, 0.15) is 37.0 Å². The lowest BCUT2D eigenvalue weighted by atomic mass is 10.1. The molecule has 1 heterocycles. The molecule has 0 fully saturated rings. The minimum absolute atomic E-state index is 0.0246. The second kappa shape index (κ2) is 6.19. The van der Waals surface area contributed by atoms with Crippen molar-refractivity contribution in [2.45, 2.75) is 38.6 Å². The maximum atomic E-state index is 13.1. The zero-order valence-electron chi connectivity index (χ0n) is 12.7. The molecule has 0 saturated carbocycles. The van der Waals surface area contributed by atoms with Crippen LogP contribution in [0.2, 0.25) is 0 Å². The summed E-state index contributed by atoms with van der Waals surface area (Å²) in [5.41, 5.74) is -3.34. The van der Waals surface area contributed by atoms with E-state index in [2.05, 4.69) is 5.10 Å². The third-order valence-corrected chi connectivity index (χ3v) is 3.32. The summed E-state index contributed by atoms with van der Waals surface area (Å²) in [4.78, 5) is 12.4. The van der Waals surface area contributed by atoms with E-state index in [0.717, 1.165) is 6.42 Å². The van der Waals surface area contributed by atoms with Gasteiger partial charge in [0.1, 0.15) is 5.75 Å². The Morgan fingerprint density at radius 3 is 2.78 bits per heavy atom. The molecule has 1 amide bonds. The third kappa shape index (κ3) is 3.31. The monoisotopic (exact) mass is 330 g/mol. The van der Waals surface area contributed by atoms with Crippen molar-refractivity contribution in [3.63, 3.8) is 0 Å². The lowest BCUT2D eigenvalue weighted by Gasteiger charge is -2.32. The fraction of sp³-hybridized carbons (Fsp3) is 0.467. The number of alkyl halides is 3. The molecule has 126 valence electrons. The average Bonchev–Trinajstić information content (AvgIpc) is 2.80. The summed E-state index contributed by atoms with van der Waals surface area (Å²) in [5, 5.41) is 13.6. The SMILES string of the molecule is CCCOc1cccc(C(=O)N2N=C(C)C[C@]2(O)C(F)(F)F)c1. The van der Waals surface area contributed by atoms with Crippen molar-refractivity contribution < 1.29 is 27.8 Å². The normalized spacial score (nSPS) is 21.3. The number of nitrogens with zero attached hydrogens (tertiary/aromatic N) is 2. The van der Waals surface area contributed by atoms with Crippen LogP contribution in [0.15, 0.2) is 29.4 Å². The van der Waals surface area contributed by atoms with E-state index < -0.39 is 24.2 Å². The molecule has 1 N–H and O–H groups in total. The Morgan fingerprint density at radius 2 is 2.17 bits per heavy atom. The van der Waals surface area contributed by atoms with Gasteiger partial charge in [0.25, 0.3) is 11.6 Å². The molecule has 0 spiro atoms. The highest BCUT2D eigenvalue weighted by atomic mass is 19.4. The number of hydrogen-bond donors (Lipinski definition) is 1. The summed E-state index contributed by atoms with van der Waals surface area (Å²) in [7, 11) is 0. The molecular formula is C15H17F3N2O3. The molecule has 1 aromatic carbocycles. The second-order valence-electron chi connectivity index (χ2n) is 5.32. The molecule has 1 aliphatic rings. The number of hydrogen-bond acceptors (Lipinski definition) is 4. The van der Waals surface area contributed by atoms with Gasteiger partial charge in [-0.1, -0.05) is 13.0 Å². The van der Waals surface area contributed by atoms with E-state index in [1.807, 2.05) is 6.92 Å². The average molecular weight is 330 g/mol. The molecule has 23 heavy (non-hydrogen) atoms. The highest BCUT2D eigenvalue weighted by Gasteiger charge is 2.62. The van der Waals surface area contributed by atoms with E-state index >= 15 is 0 Å². The van der Waals surface area contributed by atoms with Gasteiger partial charge >= 0.3 is 6.18 Å². The van der Waals surface area contributed by atoms with Crippen LogP contribution in [0.3, 0.4) is 0 Å². The number of benzene rings is 1. The summed E-state index contributed by atoms with van der Waals surface area (Å²) in [6, 6.07) is 5.78. The van der Waals surface area contributed by atoms with Crippen LogP contribution < -0.4 is 4.74 Å². The van der Waals surface area contributed by atoms with Crippen molar-refractivity contribution in [3.05, 3.63) is 29.8 Å². The van der Waals surface area contributed by atoms with Crippen molar-refractivity contribution in [1.82, 2.24) is 5.01 Å². The van der Waals surface area contributed by atoms with Gasteiger partial charge in [0, 0.05) is 17.7 Å². The molecule has 0 aliphatic carbocycles. The zero-order valence-corrected chi connectivity index (χ0v) is 12.7. The van der Waals surface area contributed by atoms with Gasteiger partial charge in [-0.15, -0.1) is 0 Å². The quantitative estimate of drug-likeness (QED) is 0.923. The number of halogens is 3. The van der Waals surface area contributed by atoms with E-state index in [9.17, 15) is 23.1 Å². The molecule has 0 radical (unpaired) electrons. The Hall–Kier alpha value is -2.09. The number of rotatable bonds is 4. The van der Waals surface area contributed by atoms with Crippen LogP contribution in [0.5, 0.6) is 5.75 Å². The minimum atomic E-state index is -5.01. The van der Waals surface area contributed by atoms with Crippen LogP contribution in [-0.2, 0) is 0 Å². The number of amides is 1. The van der Waals surface area contributed by atoms with Gasteiger partial charge in [0.05, 0.1) is 6.61 Å². The largest absolute Gasteiger partial charge is 0.494 e. The summed E-state index contributed by atoms with van der Waals surface area (Å²) < 4.78 is 44.8. The van der Waals surface area contributed by atoms with Gasteiger partial charge in [-0.05, 0) is 31.5 Å². The number of aliphatic hydroxyl groups is 1. The van der Waals surface area contributed by atoms with Crippen molar-refractivity contribution >= 4 is 11.6 Å². The van der Waals surface area contributed by atoms with E-state index in [1.54, 1.807) is 6.07 Å². The fourth-order valence-electron chi connectivity index (χ4n) is 2.22. The highest BCUT2D eigenvalue weighted by molar-refractivity contribution is 5.98. The van der Waals surface area contributed by atoms with Crippen molar-refractivity contribution in [1.29, 1.82) is 0 Å². The Kier molecular flexibility index (Phi) is 4.65. The predicted octanol–water partition coefficient (Wildman–Crippen LogP) is 2.95. The molecule has 1 aromatic rings. The maximum absolute atomic E-state index is 13.1. The van der Waals surface area contributed by atoms with Crippen LogP contribution in [-0.4, -0.2) is 40.2 Å². The van der Waals surface area contributed by atoms with Crippen LogP contribution in [0, 0.1) is 0 Å². The fourth-order valence-corrected chi connectivity index (χ4v) is 2.22. The number of hydrazone groups is 1. The number of carbonyl (C=O) groups excluding carboxylic acids is 1. The summed E-state index contributed by atoms with van der Waals surface area (Å²) >= 11 is 0. The molecule has 5 nitrogen and oxygen atoms in total.